The number of carbonyl (C=O) groups excluding carboxylic acids is 2. The van der Waals surface area contributed by atoms with Crippen LogP contribution in [0.25, 0.3) is 6.08 Å². The van der Waals surface area contributed by atoms with Gasteiger partial charge in [-0.05, 0) is 43.0 Å². The van der Waals surface area contributed by atoms with Crippen molar-refractivity contribution in [3.05, 3.63) is 35.9 Å². The Hall–Kier alpha value is -2.10. The zero-order chi connectivity index (χ0) is 14.4. The summed E-state index contributed by atoms with van der Waals surface area (Å²) >= 11 is 0. The van der Waals surface area contributed by atoms with Crippen molar-refractivity contribution in [1.29, 1.82) is 0 Å². The second-order valence-corrected chi connectivity index (χ2v) is 5.02. The lowest BCUT2D eigenvalue weighted by atomic mass is 10.1. The number of rotatable bonds is 3. The van der Waals surface area contributed by atoms with Crippen LogP contribution in [0.3, 0.4) is 0 Å². The number of hydrogen-bond donors (Lipinski definition) is 1. The van der Waals surface area contributed by atoms with Gasteiger partial charge in [0.1, 0.15) is 0 Å². The van der Waals surface area contributed by atoms with Crippen LogP contribution in [0.2, 0.25) is 0 Å². The molecule has 2 amide bonds. The van der Waals surface area contributed by atoms with Crippen molar-refractivity contribution in [2.45, 2.75) is 26.2 Å². The van der Waals surface area contributed by atoms with Crippen molar-refractivity contribution in [3.8, 4) is 0 Å². The summed E-state index contributed by atoms with van der Waals surface area (Å²) < 4.78 is 0. The fourth-order valence-corrected chi connectivity index (χ4v) is 2.27. The molecule has 1 aliphatic heterocycles. The van der Waals surface area contributed by atoms with E-state index in [0.717, 1.165) is 37.2 Å². The SMILES string of the molecule is CC(=O)Nc1ccc(/C=C/C(=O)N2CCCCC2)cc1. The number of piperidine rings is 1. The highest BCUT2D eigenvalue weighted by molar-refractivity contribution is 5.92. The molecule has 0 spiro atoms. The second kappa shape index (κ2) is 6.89. The van der Waals surface area contributed by atoms with Gasteiger partial charge in [0.2, 0.25) is 11.8 Å². The van der Waals surface area contributed by atoms with Gasteiger partial charge in [0.15, 0.2) is 0 Å². The molecule has 4 heteroatoms. The van der Waals surface area contributed by atoms with E-state index in [1.165, 1.54) is 13.3 Å². The number of nitrogens with zero attached hydrogens (tertiary/aromatic N) is 1. The largest absolute Gasteiger partial charge is 0.339 e. The van der Waals surface area contributed by atoms with Gasteiger partial charge in [-0.2, -0.15) is 0 Å². The topological polar surface area (TPSA) is 49.4 Å². The number of anilines is 1. The third-order valence-corrected chi connectivity index (χ3v) is 3.32. The van der Waals surface area contributed by atoms with Crippen molar-refractivity contribution in [2.24, 2.45) is 0 Å². The van der Waals surface area contributed by atoms with Crippen LogP contribution >= 0.6 is 0 Å². The summed E-state index contributed by atoms with van der Waals surface area (Å²) in [6, 6.07) is 7.41. The Morgan fingerprint density at radius 2 is 1.75 bits per heavy atom. The van der Waals surface area contributed by atoms with E-state index in [1.807, 2.05) is 35.2 Å². The second-order valence-electron chi connectivity index (χ2n) is 5.02. The molecule has 0 radical (unpaired) electrons. The number of carbonyl (C=O) groups is 2. The number of amides is 2. The molecule has 106 valence electrons. The minimum Gasteiger partial charge on any atom is -0.339 e. The summed E-state index contributed by atoms with van der Waals surface area (Å²) in [6.07, 6.45) is 6.86. The van der Waals surface area contributed by atoms with Crippen molar-refractivity contribution in [1.82, 2.24) is 4.90 Å². The lowest BCUT2D eigenvalue weighted by molar-refractivity contribution is -0.126. The molecule has 1 aliphatic rings. The van der Waals surface area contributed by atoms with E-state index in [0.29, 0.717) is 0 Å². The molecule has 1 heterocycles. The first-order valence-corrected chi connectivity index (χ1v) is 7.00. The average molecular weight is 272 g/mol. The molecular weight excluding hydrogens is 252 g/mol. The molecule has 4 nitrogen and oxygen atoms in total. The van der Waals surface area contributed by atoms with Crippen molar-refractivity contribution in [3.63, 3.8) is 0 Å². The highest BCUT2D eigenvalue weighted by atomic mass is 16.2. The quantitative estimate of drug-likeness (QED) is 0.860. The molecule has 0 atom stereocenters. The van der Waals surface area contributed by atoms with Crippen molar-refractivity contribution in [2.75, 3.05) is 18.4 Å². The number of nitrogens with one attached hydrogen (secondary N) is 1. The molecule has 2 rings (SSSR count). The predicted octanol–water partition coefficient (Wildman–Crippen LogP) is 2.67. The monoisotopic (exact) mass is 272 g/mol. The maximum Gasteiger partial charge on any atom is 0.246 e. The molecule has 0 bridgehead atoms. The molecule has 1 fully saturated rings. The Bertz CT molecular complexity index is 500. The van der Waals surface area contributed by atoms with Crippen molar-refractivity contribution < 1.29 is 9.59 Å². The maximum atomic E-state index is 12.0. The van der Waals surface area contributed by atoms with Gasteiger partial charge in [0, 0.05) is 31.8 Å². The van der Waals surface area contributed by atoms with E-state index < -0.39 is 0 Å². The third-order valence-electron chi connectivity index (χ3n) is 3.32. The van der Waals surface area contributed by atoms with Crippen LogP contribution in [0.15, 0.2) is 30.3 Å². The van der Waals surface area contributed by atoms with Gasteiger partial charge in [-0.15, -0.1) is 0 Å². The van der Waals surface area contributed by atoms with E-state index in [-0.39, 0.29) is 11.8 Å². The van der Waals surface area contributed by atoms with E-state index in [4.69, 9.17) is 0 Å². The van der Waals surface area contributed by atoms with Crippen molar-refractivity contribution >= 4 is 23.6 Å². The molecule has 20 heavy (non-hydrogen) atoms. The summed E-state index contributed by atoms with van der Waals surface area (Å²) in [4.78, 5) is 24.8. The Balaban J connectivity index is 1.93. The fraction of sp³-hybridized carbons (Fsp3) is 0.375. The predicted molar refractivity (Wildman–Crippen MR) is 80.2 cm³/mol. The number of hydrogen-bond acceptors (Lipinski definition) is 2. The van der Waals surface area contributed by atoms with Gasteiger partial charge in [0.25, 0.3) is 0 Å². The zero-order valence-electron chi connectivity index (χ0n) is 11.8. The van der Waals surface area contributed by atoms with E-state index >= 15 is 0 Å². The third kappa shape index (κ3) is 4.23. The average Bonchev–Trinajstić information content (AvgIpc) is 2.46. The van der Waals surface area contributed by atoms with Gasteiger partial charge in [-0.1, -0.05) is 12.1 Å². The minimum atomic E-state index is -0.0893. The van der Waals surface area contributed by atoms with Crippen LogP contribution in [-0.2, 0) is 9.59 Å². The summed E-state index contributed by atoms with van der Waals surface area (Å²) in [5, 5.41) is 2.71. The Morgan fingerprint density at radius 3 is 2.35 bits per heavy atom. The van der Waals surface area contributed by atoms with Gasteiger partial charge < -0.3 is 10.2 Å². The molecule has 1 saturated heterocycles. The summed E-state index contributed by atoms with van der Waals surface area (Å²) in [5.74, 6) is -0.00999. The zero-order valence-corrected chi connectivity index (χ0v) is 11.8. The van der Waals surface area contributed by atoms with Crippen LogP contribution in [0.5, 0.6) is 0 Å². The van der Waals surface area contributed by atoms with E-state index in [9.17, 15) is 9.59 Å². The van der Waals surface area contributed by atoms with Gasteiger partial charge in [0.05, 0.1) is 0 Å². The lowest BCUT2D eigenvalue weighted by Crippen LogP contribution is -2.34. The number of benzene rings is 1. The molecular formula is C16H20N2O2. The Morgan fingerprint density at radius 1 is 1.10 bits per heavy atom. The minimum absolute atomic E-state index is 0.0793. The van der Waals surface area contributed by atoms with Gasteiger partial charge in [-0.25, -0.2) is 0 Å². The first-order valence-electron chi connectivity index (χ1n) is 7.00. The summed E-state index contributed by atoms with van der Waals surface area (Å²) in [6.45, 7) is 3.21. The molecule has 1 aromatic carbocycles. The van der Waals surface area contributed by atoms with Crippen LogP contribution in [0.1, 0.15) is 31.7 Å². The maximum absolute atomic E-state index is 12.0. The first-order chi connectivity index (χ1) is 9.65. The molecule has 1 N–H and O–H groups in total. The fourth-order valence-electron chi connectivity index (χ4n) is 2.27. The number of likely N-dealkylation sites (tertiary alicyclic amines) is 1. The summed E-state index contributed by atoms with van der Waals surface area (Å²) in [5.41, 5.74) is 1.71. The first kappa shape index (κ1) is 14.3. The standard InChI is InChI=1S/C16H20N2O2/c1-13(19)17-15-8-5-14(6-9-15)7-10-16(20)18-11-3-2-4-12-18/h5-10H,2-4,11-12H2,1H3,(H,17,19)/b10-7+. The van der Waals surface area contributed by atoms with Gasteiger partial charge in [-0.3, -0.25) is 9.59 Å². The highest BCUT2D eigenvalue weighted by Gasteiger charge is 2.13. The smallest absolute Gasteiger partial charge is 0.246 e. The Labute approximate surface area is 119 Å². The molecule has 1 aromatic rings. The molecule has 0 aliphatic carbocycles. The van der Waals surface area contributed by atoms with Gasteiger partial charge >= 0.3 is 0 Å². The van der Waals surface area contributed by atoms with Crippen LogP contribution < -0.4 is 5.32 Å². The molecule has 0 aromatic heterocycles. The van der Waals surface area contributed by atoms with Crippen LogP contribution in [0, 0.1) is 0 Å². The van der Waals surface area contributed by atoms with Crippen LogP contribution in [0.4, 0.5) is 5.69 Å². The van der Waals surface area contributed by atoms with E-state index in [1.54, 1.807) is 6.08 Å². The van der Waals surface area contributed by atoms with Crippen LogP contribution in [-0.4, -0.2) is 29.8 Å². The normalized spacial score (nSPS) is 15.3. The molecule has 0 unspecified atom stereocenters. The Kier molecular flexibility index (Phi) is 4.93. The lowest BCUT2D eigenvalue weighted by Gasteiger charge is -2.25. The summed E-state index contributed by atoms with van der Waals surface area (Å²) in [7, 11) is 0. The van der Waals surface area contributed by atoms with E-state index in [2.05, 4.69) is 5.32 Å². The highest BCUT2D eigenvalue weighted by Crippen LogP contribution is 2.12. The molecule has 0 saturated carbocycles.